The van der Waals surface area contributed by atoms with Gasteiger partial charge in [0.25, 0.3) is 0 Å². The summed E-state index contributed by atoms with van der Waals surface area (Å²) < 4.78 is 11.6. The van der Waals surface area contributed by atoms with E-state index in [1.165, 1.54) is 0 Å². The molecule has 0 saturated heterocycles. The number of rotatable bonds is 3. The third-order valence-electron chi connectivity index (χ3n) is 1.22. The van der Waals surface area contributed by atoms with Gasteiger partial charge in [-0.3, -0.25) is 4.79 Å². The summed E-state index contributed by atoms with van der Waals surface area (Å²) in [5.74, 6) is -0.474. The second-order valence-electron chi connectivity index (χ2n) is 2.37. The van der Waals surface area contributed by atoms with Crippen LogP contribution in [0.15, 0.2) is 0 Å². The largest absolute Gasteiger partial charge is 0.321 e. The van der Waals surface area contributed by atoms with Crippen LogP contribution in [0.4, 0.5) is 4.39 Å². The summed E-state index contributed by atoms with van der Waals surface area (Å²) in [6.45, 7) is 2.63. The van der Waals surface area contributed by atoms with E-state index in [4.69, 9.17) is 5.73 Å². The monoisotopic (exact) mass is 133 g/mol. The van der Waals surface area contributed by atoms with E-state index >= 15 is 0 Å². The molecule has 2 N–H and O–H groups in total. The third kappa shape index (κ3) is 2.56. The zero-order valence-corrected chi connectivity index (χ0v) is 5.73. The van der Waals surface area contributed by atoms with Gasteiger partial charge in [-0.25, -0.2) is 4.39 Å². The quantitative estimate of drug-likeness (QED) is 0.609. The van der Waals surface area contributed by atoms with Crippen LogP contribution in [0.3, 0.4) is 0 Å². The number of nitrogens with two attached hydrogens (primary N) is 1. The maximum Gasteiger partial charge on any atom is 0.180 e. The maximum atomic E-state index is 11.6. The predicted molar refractivity (Wildman–Crippen MR) is 33.8 cm³/mol. The number of hydrogen-bond acceptors (Lipinski definition) is 2. The van der Waals surface area contributed by atoms with E-state index in [0.29, 0.717) is 0 Å². The minimum atomic E-state index is -0.945. The molecule has 0 aromatic heterocycles. The highest BCUT2D eigenvalue weighted by Crippen LogP contribution is 1.98. The van der Waals surface area contributed by atoms with Crippen molar-refractivity contribution in [1.29, 1.82) is 0 Å². The number of hydrogen-bond donors (Lipinski definition) is 1. The number of carbonyl (C=O) groups excluding carboxylic acids is 1. The molecule has 0 heterocycles. The molecular weight excluding hydrogens is 121 g/mol. The van der Waals surface area contributed by atoms with Crippen molar-refractivity contribution in [3.63, 3.8) is 0 Å². The Bertz CT molecular complexity index is 103. The molecule has 0 rings (SSSR count). The smallest absolute Gasteiger partial charge is 0.180 e. The minimum absolute atomic E-state index is 0.0354. The lowest BCUT2D eigenvalue weighted by molar-refractivity contribution is -0.121. The predicted octanol–water partition coefficient (Wildman–Crippen LogP) is 0.508. The molecule has 0 aromatic carbocycles. The Kier molecular flexibility index (Phi) is 3.39. The first-order valence-electron chi connectivity index (χ1n) is 2.93. The Morgan fingerprint density at radius 3 is 2.22 bits per heavy atom. The van der Waals surface area contributed by atoms with Gasteiger partial charge < -0.3 is 5.73 Å². The number of Topliss-reactive ketones (excluding diaryl/α,β-unsaturated/α-hetero) is 1. The fourth-order valence-corrected chi connectivity index (χ4v) is 0.461. The second kappa shape index (κ2) is 3.56. The molecule has 0 aliphatic heterocycles. The van der Waals surface area contributed by atoms with Crippen LogP contribution >= 0.6 is 0 Å². The molecule has 0 saturated carbocycles. The lowest BCUT2D eigenvalue weighted by Crippen LogP contribution is -2.36. The summed E-state index contributed by atoms with van der Waals surface area (Å²) >= 11 is 0. The molecule has 1 atom stereocenters. The van der Waals surface area contributed by atoms with Gasteiger partial charge in [-0.1, -0.05) is 13.8 Å². The number of carbonyl (C=O) groups is 1. The first kappa shape index (κ1) is 8.56. The highest BCUT2D eigenvalue weighted by atomic mass is 19.1. The molecule has 0 radical (unpaired) electrons. The molecule has 3 heteroatoms. The van der Waals surface area contributed by atoms with Gasteiger partial charge in [0.1, 0.15) is 6.67 Å². The van der Waals surface area contributed by atoms with Crippen molar-refractivity contribution in [1.82, 2.24) is 0 Å². The average Bonchev–Trinajstić information content (AvgIpc) is 1.84. The van der Waals surface area contributed by atoms with E-state index in [9.17, 15) is 9.18 Å². The Morgan fingerprint density at radius 1 is 1.67 bits per heavy atom. The Hall–Kier alpha value is -0.440. The topological polar surface area (TPSA) is 43.1 Å². The van der Waals surface area contributed by atoms with Crippen molar-refractivity contribution < 1.29 is 9.18 Å². The van der Waals surface area contributed by atoms with Crippen molar-refractivity contribution in [2.45, 2.75) is 19.9 Å². The molecule has 0 aliphatic carbocycles. The van der Waals surface area contributed by atoms with Crippen LogP contribution in [-0.2, 0) is 4.79 Å². The molecule has 0 aliphatic rings. The summed E-state index contributed by atoms with van der Waals surface area (Å²) in [6.07, 6.45) is 0. The van der Waals surface area contributed by atoms with Crippen molar-refractivity contribution in [2.75, 3.05) is 6.67 Å². The third-order valence-corrected chi connectivity index (χ3v) is 1.22. The van der Waals surface area contributed by atoms with E-state index in [0.717, 1.165) is 0 Å². The molecular formula is C6H12FNO. The van der Waals surface area contributed by atoms with Gasteiger partial charge >= 0.3 is 0 Å². The number of ketones is 1. The van der Waals surface area contributed by atoms with Crippen LogP contribution in [0.25, 0.3) is 0 Å². The van der Waals surface area contributed by atoms with Gasteiger partial charge in [0.05, 0.1) is 6.04 Å². The van der Waals surface area contributed by atoms with Gasteiger partial charge in [-0.05, 0) is 5.92 Å². The summed E-state index contributed by atoms with van der Waals surface area (Å²) in [5.41, 5.74) is 5.28. The maximum absolute atomic E-state index is 11.6. The Labute approximate surface area is 54.2 Å². The van der Waals surface area contributed by atoms with E-state index in [-0.39, 0.29) is 5.92 Å². The van der Waals surface area contributed by atoms with Crippen molar-refractivity contribution in [3.05, 3.63) is 0 Å². The zero-order chi connectivity index (χ0) is 7.44. The molecule has 0 aromatic rings. The van der Waals surface area contributed by atoms with Gasteiger partial charge in [0, 0.05) is 0 Å². The van der Waals surface area contributed by atoms with Crippen LogP contribution < -0.4 is 5.73 Å². The Balaban J connectivity index is 3.72. The molecule has 0 unspecified atom stereocenters. The van der Waals surface area contributed by atoms with Crippen LogP contribution in [0.2, 0.25) is 0 Å². The molecule has 0 fully saturated rings. The van der Waals surface area contributed by atoms with E-state index in [1.54, 1.807) is 13.8 Å². The fourth-order valence-electron chi connectivity index (χ4n) is 0.461. The van der Waals surface area contributed by atoms with Crippen molar-refractivity contribution in [2.24, 2.45) is 11.7 Å². The van der Waals surface area contributed by atoms with Crippen molar-refractivity contribution >= 4 is 5.78 Å². The van der Waals surface area contributed by atoms with Crippen LogP contribution in [0.1, 0.15) is 13.8 Å². The number of alkyl halides is 1. The molecule has 0 spiro atoms. The first-order valence-corrected chi connectivity index (χ1v) is 2.93. The number of halogens is 1. The van der Waals surface area contributed by atoms with Crippen LogP contribution in [-0.4, -0.2) is 18.5 Å². The van der Waals surface area contributed by atoms with E-state index in [1.807, 2.05) is 0 Å². The Morgan fingerprint density at radius 2 is 2.11 bits per heavy atom. The van der Waals surface area contributed by atoms with Gasteiger partial charge in [0.2, 0.25) is 0 Å². The lowest BCUT2D eigenvalue weighted by atomic mass is 10.0. The summed E-state index contributed by atoms with van der Waals surface area (Å²) in [6, 6.07) is -0.630. The molecule has 0 bridgehead atoms. The van der Waals surface area contributed by atoms with Crippen LogP contribution in [0, 0.1) is 5.92 Å². The average molecular weight is 133 g/mol. The standard InChI is InChI=1S/C6H12FNO/c1-4(2)6(8)5(9)3-7/h4,6H,3,8H2,1-2H3/t6-/m0/s1. The SMILES string of the molecule is CC(C)[C@H](N)C(=O)CF. The molecule has 0 amide bonds. The van der Waals surface area contributed by atoms with Gasteiger partial charge in [0.15, 0.2) is 5.78 Å². The highest BCUT2D eigenvalue weighted by Gasteiger charge is 2.15. The second-order valence-corrected chi connectivity index (χ2v) is 2.37. The summed E-state index contributed by atoms with van der Waals surface area (Å²) in [7, 11) is 0. The molecule has 2 nitrogen and oxygen atoms in total. The van der Waals surface area contributed by atoms with Gasteiger partial charge in [-0.15, -0.1) is 0 Å². The van der Waals surface area contributed by atoms with Crippen molar-refractivity contribution in [3.8, 4) is 0 Å². The highest BCUT2D eigenvalue weighted by molar-refractivity contribution is 5.84. The first-order chi connectivity index (χ1) is 4.09. The summed E-state index contributed by atoms with van der Waals surface area (Å²) in [4.78, 5) is 10.5. The fraction of sp³-hybridized carbons (Fsp3) is 0.833. The van der Waals surface area contributed by atoms with Crippen LogP contribution in [0.5, 0.6) is 0 Å². The summed E-state index contributed by atoms with van der Waals surface area (Å²) in [5, 5.41) is 0. The van der Waals surface area contributed by atoms with E-state index in [2.05, 4.69) is 0 Å². The van der Waals surface area contributed by atoms with Gasteiger partial charge in [-0.2, -0.15) is 0 Å². The lowest BCUT2D eigenvalue weighted by Gasteiger charge is -2.10. The van der Waals surface area contributed by atoms with E-state index < -0.39 is 18.5 Å². The minimum Gasteiger partial charge on any atom is -0.321 e. The zero-order valence-electron chi connectivity index (χ0n) is 5.73. The normalized spacial score (nSPS) is 13.9. The molecule has 9 heavy (non-hydrogen) atoms. The molecule has 54 valence electrons.